The van der Waals surface area contributed by atoms with Crippen molar-refractivity contribution in [3.8, 4) is 0 Å². The summed E-state index contributed by atoms with van der Waals surface area (Å²) in [5.41, 5.74) is 0. The lowest BCUT2D eigenvalue weighted by atomic mass is 10.5. The van der Waals surface area contributed by atoms with Crippen molar-refractivity contribution in [3.63, 3.8) is 0 Å². The van der Waals surface area contributed by atoms with Gasteiger partial charge in [-0.15, -0.1) is 0 Å². The third-order valence-electron chi connectivity index (χ3n) is 0.947. The molecule has 1 amide bonds. The fourth-order valence-electron chi connectivity index (χ4n) is 0.317. The second-order valence-electron chi connectivity index (χ2n) is 2.00. The van der Waals surface area contributed by atoms with Crippen molar-refractivity contribution in [2.45, 2.75) is 0 Å². The molecule has 0 unspecified atom stereocenters. The number of nitrogens with zero attached hydrogens (tertiary/aromatic N) is 1. The number of nitrogens with one attached hydrogen (secondary N) is 2. The van der Waals surface area contributed by atoms with Crippen molar-refractivity contribution >= 4 is 11.9 Å². The molecule has 0 heterocycles. The number of amidine groups is 1. The molecule has 5 nitrogen and oxygen atoms in total. The van der Waals surface area contributed by atoms with Gasteiger partial charge in [0, 0.05) is 14.1 Å². The maximum atomic E-state index is 9.90. The minimum absolute atomic E-state index is 0.0579. The van der Waals surface area contributed by atoms with E-state index in [2.05, 4.69) is 5.32 Å². The molecule has 0 aliphatic carbocycles. The normalized spacial score (nSPS) is 8.60. The Kier molecular flexibility index (Phi) is 3.24. The van der Waals surface area contributed by atoms with Crippen LogP contribution in [0.1, 0.15) is 0 Å². The Hall–Kier alpha value is -1.26. The Bertz CT molecular complexity index is 144. The number of likely N-dealkylation sites (N-methyl/N-ethyl adjacent to an activating group) is 1. The van der Waals surface area contributed by atoms with Crippen LogP contribution in [-0.4, -0.2) is 42.6 Å². The van der Waals surface area contributed by atoms with Gasteiger partial charge in [-0.05, 0) is 0 Å². The summed E-state index contributed by atoms with van der Waals surface area (Å²) in [6.07, 6.45) is -1.10. The lowest BCUT2D eigenvalue weighted by Gasteiger charge is -2.12. The lowest BCUT2D eigenvalue weighted by molar-refractivity contribution is 0.196. The minimum Gasteiger partial charge on any atom is -0.465 e. The predicted molar refractivity (Wildman–Crippen MR) is 37.4 cm³/mol. The van der Waals surface area contributed by atoms with Gasteiger partial charge in [0.15, 0.2) is 0 Å². The van der Waals surface area contributed by atoms with E-state index in [4.69, 9.17) is 10.5 Å². The zero-order valence-corrected chi connectivity index (χ0v) is 6.01. The summed E-state index contributed by atoms with van der Waals surface area (Å²) >= 11 is 0. The molecule has 3 N–H and O–H groups in total. The quantitative estimate of drug-likeness (QED) is 0.372. The van der Waals surface area contributed by atoms with Crippen molar-refractivity contribution in [3.05, 3.63) is 0 Å². The van der Waals surface area contributed by atoms with Crippen LogP contribution in [0.2, 0.25) is 0 Å². The van der Waals surface area contributed by atoms with Crippen LogP contribution in [0.15, 0.2) is 0 Å². The van der Waals surface area contributed by atoms with E-state index in [1.165, 1.54) is 4.90 Å². The zero-order chi connectivity index (χ0) is 8.15. The lowest BCUT2D eigenvalue weighted by Crippen LogP contribution is -2.34. The number of rotatable bonds is 2. The molecule has 10 heavy (non-hydrogen) atoms. The van der Waals surface area contributed by atoms with Crippen molar-refractivity contribution in [2.75, 3.05) is 20.6 Å². The molecule has 5 heteroatoms. The van der Waals surface area contributed by atoms with Gasteiger partial charge in [0.2, 0.25) is 0 Å². The molecule has 58 valence electrons. The van der Waals surface area contributed by atoms with Gasteiger partial charge in [0.1, 0.15) is 5.84 Å². The van der Waals surface area contributed by atoms with E-state index < -0.39 is 6.09 Å². The van der Waals surface area contributed by atoms with E-state index >= 15 is 0 Å². The summed E-state index contributed by atoms with van der Waals surface area (Å²) in [5, 5.41) is 17.3. The van der Waals surface area contributed by atoms with Crippen molar-refractivity contribution in [1.29, 1.82) is 5.41 Å². The Morgan fingerprint density at radius 3 is 2.50 bits per heavy atom. The van der Waals surface area contributed by atoms with E-state index in [9.17, 15) is 4.79 Å². The second kappa shape index (κ2) is 3.71. The highest BCUT2D eigenvalue weighted by Crippen LogP contribution is 1.75. The average Bonchev–Trinajstić information content (AvgIpc) is 1.82. The molecule has 0 aromatic carbocycles. The topological polar surface area (TPSA) is 76.4 Å². The van der Waals surface area contributed by atoms with Crippen molar-refractivity contribution in [1.82, 2.24) is 10.2 Å². The third-order valence-corrected chi connectivity index (χ3v) is 0.947. The van der Waals surface area contributed by atoms with E-state index in [0.717, 1.165) is 0 Å². The summed E-state index contributed by atoms with van der Waals surface area (Å²) in [6, 6.07) is 0. The fourth-order valence-corrected chi connectivity index (χ4v) is 0.317. The van der Waals surface area contributed by atoms with Gasteiger partial charge in [-0.1, -0.05) is 0 Å². The van der Waals surface area contributed by atoms with E-state index in [-0.39, 0.29) is 12.4 Å². The molecule has 0 saturated heterocycles. The smallest absolute Gasteiger partial charge is 0.405 e. The molecular weight excluding hydrogens is 134 g/mol. The van der Waals surface area contributed by atoms with E-state index in [1.54, 1.807) is 14.1 Å². The largest absolute Gasteiger partial charge is 0.465 e. The Balaban J connectivity index is 3.50. The first-order chi connectivity index (χ1) is 4.54. The molecule has 0 atom stereocenters. The number of carboxylic acid groups (broad SMARTS) is 1. The molecule has 0 aliphatic heterocycles. The van der Waals surface area contributed by atoms with E-state index in [0.29, 0.717) is 0 Å². The SMILES string of the molecule is CN(C)C(=N)CNC(=O)O. The molecular formula is C5H11N3O2. The number of hydrogen-bond donors (Lipinski definition) is 3. The minimum atomic E-state index is -1.10. The highest BCUT2D eigenvalue weighted by molar-refractivity contribution is 5.83. The van der Waals surface area contributed by atoms with Gasteiger partial charge in [0.05, 0.1) is 6.54 Å². The first-order valence-corrected chi connectivity index (χ1v) is 2.75. The maximum absolute atomic E-state index is 9.90. The molecule has 0 aliphatic rings. The fraction of sp³-hybridized carbons (Fsp3) is 0.600. The molecule has 0 fully saturated rings. The summed E-state index contributed by atoms with van der Waals surface area (Å²) in [7, 11) is 3.37. The molecule has 0 aromatic heterocycles. The van der Waals surface area contributed by atoms with Gasteiger partial charge in [-0.25, -0.2) is 4.79 Å². The van der Waals surface area contributed by atoms with Crippen LogP contribution in [0.3, 0.4) is 0 Å². The molecule has 0 radical (unpaired) electrons. The zero-order valence-electron chi connectivity index (χ0n) is 6.01. The maximum Gasteiger partial charge on any atom is 0.405 e. The third kappa shape index (κ3) is 3.71. The summed E-state index contributed by atoms with van der Waals surface area (Å²) in [4.78, 5) is 11.4. The molecule has 0 bridgehead atoms. The summed E-state index contributed by atoms with van der Waals surface area (Å²) in [6.45, 7) is 0.0579. The Morgan fingerprint density at radius 2 is 2.20 bits per heavy atom. The van der Waals surface area contributed by atoms with Gasteiger partial charge in [-0.2, -0.15) is 0 Å². The average molecular weight is 145 g/mol. The standard InChI is InChI=1S/C5H11N3O2/c1-8(2)4(6)3-7-5(9)10/h6-7H,3H2,1-2H3,(H,9,10). The van der Waals surface area contributed by atoms with Gasteiger partial charge < -0.3 is 15.3 Å². The van der Waals surface area contributed by atoms with E-state index in [1.807, 2.05) is 0 Å². The van der Waals surface area contributed by atoms with Crippen molar-refractivity contribution in [2.24, 2.45) is 0 Å². The Morgan fingerprint density at radius 1 is 1.70 bits per heavy atom. The number of carbonyl (C=O) groups is 1. The summed E-state index contributed by atoms with van der Waals surface area (Å²) < 4.78 is 0. The highest BCUT2D eigenvalue weighted by atomic mass is 16.4. The highest BCUT2D eigenvalue weighted by Gasteiger charge is 1.99. The predicted octanol–water partition coefficient (Wildman–Crippen LogP) is -0.207. The van der Waals surface area contributed by atoms with Crippen LogP contribution in [0.4, 0.5) is 4.79 Å². The van der Waals surface area contributed by atoms with Gasteiger partial charge in [-0.3, -0.25) is 5.41 Å². The van der Waals surface area contributed by atoms with Crippen LogP contribution in [0, 0.1) is 5.41 Å². The molecule has 0 rings (SSSR count). The van der Waals surface area contributed by atoms with Gasteiger partial charge >= 0.3 is 6.09 Å². The molecule has 0 saturated carbocycles. The second-order valence-corrected chi connectivity index (χ2v) is 2.00. The first-order valence-electron chi connectivity index (χ1n) is 2.75. The molecule has 0 aromatic rings. The van der Waals surface area contributed by atoms with Gasteiger partial charge in [0.25, 0.3) is 0 Å². The first kappa shape index (κ1) is 8.74. The molecule has 0 spiro atoms. The number of hydrogen-bond acceptors (Lipinski definition) is 2. The summed E-state index contributed by atoms with van der Waals surface area (Å²) in [5.74, 6) is 0.238. The van der Waals surface area contributed by atoms with Crippen LogP contribution in [0.25, 0.3) is 0 Å². The van der Waals surface area contributed by atoms with Crippen LogP contribution < -0.4 is 5.32 Å². The monoisotopic (exact) mass is 145 g/mol. The number of amides is 1. The van der Waals surface area contributed by atoms with Crippen LogP contribution in [-0.2, 0) is 0 Å². The van der Waals surface area contributed by atoms with Crippen molar-refractivity contribution < 1.29 is 9.90 Å². The van der Waals surface area contributed by atoms with Crippen LogP contribution >= 0.6 is 0 Å². The Labute approximate surface area is 59.1 Å². The van der Waals surface area contributed by atoms with Crippen LogP contribution in [0.5, 0.6) is 0 Å².